The second kappa shape index (κ2) is 6.31. The van der Waals surface area contributed by atoms with Crippen molar-refractivity contribution < 1.29 is 22.9 Å². The summed E-state index contributed by atoms with van der Waals surface area (Å²) >= 11 is 0. The van der Waals surface area contributed by atoms with Gasteiger partial charge in [0.25, 0.3) is 0 Å². The average Bonchev–Trinajstić information content (AvgIpc) is 2.75. The Balaban J connectivity index is 1.72. The lowest BCUT2D eigenvalue weighted by molar-refractivity contribution is 0.00578. The monoisotopic (exact) mass is 347 g/mol. The molecule has 0 bridgehead atoms. The molecule has 0 aromatic heterocycles. The highest BCUT2D eigenvalue weighted by Gasteiger charge is 2.51. The third-order valence-electron chi connectivity index (χ3n) is 4.58. The van der Waals surface area contributed by atoms with Crippen molar-refractivity contribution in [2.45, 2.75) is 38.9 Å². The Morgan fingerprint density at radius 3 is 2.28 bits per heavy atom. The van der Waals surface area contributed by atoms with Gasteiger partial charge in [-0.3, -0.25) is 0 Å². The second-order valence-electron chi connectivity index (χ2n) is 6.99. The van der Waals surface area contributed by atoms with Crippen LogP contribution in [0.25, 0.3) is 0 Å². The molecule has 0 radical (unpaired) electrons. The standard InChI is InChI=1S/C18H20BF2NO3/c1-17(2)18(3,4)25-19(24-17)12-6-5-7-14(10-12)22-23-16-9-8-13(20)11-15(16)21/h5-11,22H,1-4H3. The Morgan fingerprint density at radius 1 is 0.960 bits per heavy atom. The highest BCUT2D eigenvalue weighted by molar-refractivity contribution is 6.62. The molecule has 0 amide bonds. The fraction of sp³-hybridized carbons (Fsp3) is 0.333. The van der Waals surface area contributed by atoms with Crippen molar-refractivity contribution in [1.29, 1.82) is 0 Å². The third kappa shape index (κ3) is 3.62. The Hall–Kier alpha value is -2.12. The number of hydrogen-bond donors (Lipinski definition) is 1. The number of hydrogen-bond acceptors (Lipinski definition) is 4. The summed E-state index contributed by atoms with van der Waals surface area (Å²) in [5, 5.41) is 0. The first-order chi connectivity index (χ1) is 11.7. The molecule has 1 aliphatic rings. The van der Waals surface area contributed by atoms with Gasteiger partial charge in [0.15, 0.2) is 11.6 Å². The molecule has 0 spiro atoms. The lowest BCUT2D eigenvalue weighted by Crippen LogP contribution is -2.41. The predicted octanol–water partition coefficient (Wildman–Crippen LogP) is 3.67. The van der Waals surface area contributed by atoms with Gasteiger partial charge >= 0.3 is 7.12 Å². The average molecular weight is 347 g/mol. The van der Waals surface area contributed by atoms with Gasteiger partial charge in [-0.25, -0.2) is 14.3 Å². The van der Waals surface area contributed by atoms with E-state index >= 15 is 0 Å². The molecule has 0 saturated carbocycles. The predicted molar refractivity (Wildman–Crippen MR) is 92.8 cm³/mol. The third-order valence-corrected chi connectivity index (χ3v) is 4.58. The molecule has 1 aliphatic heterocycles. The molecule has 1 fully saturated rings. The van der Waals surface area contributed by atoms with E-state index in [0.717, 1.165) is 17.6 Å². The maximum Gasteiger partial charge on any atom is 0.494 e. The van der Waals surface area contributed by atoms with Crippen LogP contribution in [0.2, 0.25) is 0 Å². The van der Waals surface area contributed by atoms with Crippen LogP contribution in [0.3, 0.4) is 0 Å². The summed E-state index contributed by atoms with van der Waals surface area (Å²) in [7, 11) is -0.505. The summed E-state index contributed by atoms with van der Waals surface area (Å²) in [5.41, 5.74) is 3.19. The van der Waals surface area contributed by atoms with E-state index in [1.165, 1.54) is 6.07 Å². The van der Waals surface area contributed by atoms with Crippen molar-refractivity contribution in [3.05, 3.63) is 54.1 Å². The van der Waals surface area contributed by atoms with Gasteiger partial charge in [0.1, 0.15) is 5.82 Å². The quantitative estimate of drug-likeness (QED) is 0.677. The SMILES string of the molecule is CC1(C)OB(c2cccc(NOc3ccc(F)cc3F)c2)OC1(C)C. The molecule has 1 N–H and O–H groups in total. The van der Waals surface area contributed by atoms with Gasteiger partial charge in [-0.05, 0) is 57.4 Å². The zero-order valence-corrected chi connectivity index (χ0v) is 14.6. The van der Waals surface area contributed by atoms with Crippen LogP contribution in [0.4, 0.5) is 14.5 Å². The van der Waals surface area contributed by atoms with Crippen molar-refractivity contribution in [2.75, 3.05) is 5.48 Å². The Bertz CT molecular complexity index is 767. The van der Waals surface area contributed by atoms with Gasteiger partial charge in [-0.15, -0.1) is 0 Å². The lowest BCUT2D eigenvalue weighted by Gasteiger charge is -2.32. The lowest BCUT2D eigenvalue weighted by atomic mass is 9.79. The minimum atomic E-state index is -0.783. The van der Waals surface area contributed by atoms with E-state index < -0.39 is 30.0 Å². The van der Waals surface area contributed by atoms with Crippen molar-refractivity contribution in [3.63, 3.8) is 0 Å². The van der Waals surface area contributed by atoms with E-state index in [2.05, 4.69) is 5.48 Å². The van der Waals surface area contributed by atoms with E-state index in [4.69, 9.17) is 14.1 Å². The topological polar surface area (TPSA) is 39.7 Å². The minimum Gasteiger partial charge on any atom is -0.399 e. The van der Waals surface area contributed by atoms with Crippen LogP contribution in [0.15, 0.2) is 42.5 Å². The first-order valence-electron chi connectivity index (χ1n) is 8.01. The number of benzene rings is 2. The second-order valence-corrected chi connectivity index (χ2v) is 6.99. The fourth-order valence-corrected chi connectivity index (χ4v) is 2.40. The fourth-order valence-electron chi connectivity index (χ4n) is 2.40. The van der Waals surface area contributed by atoms with E-state index in [9.17, 15) is 8.78 Å². The van der Waals surface area contributed by atoms with E-state index in [1.807, 2.05) is 39.8 Å². The Kier molecular flexibility index (Phi) is 4.47. The summed E-state index contributed by atoms with van der Waals surface area (Å²) < 4.78 is 38.5. The number of anilines is 1. The summed E-state index contributed by atoms with van der Waals surface area (Å²) in [6, 6.07) is 10.4. The number of nitrogens with one attached hydrogen (secondary N) is 1. The van der Waals surface area contributed by atoms with Crippen LogP contribution in [0.1, 0.15) is 27.7 Å². The van der Waals surface area contributed by atoms with E-state index in [0.29, 0.717) is 5.69 Å². The van der Waals surface area contributed by atoms with Crippen LogP contribution in [-0.4, -0.2) is 18.3 Å². The van der Waals surface area contributed by atoms with Gasteiger partial charge < -0.3 is 14.1 Å². The molecule has 25 heavy (non-hydrogen) atoms. The molecule has 0 atom stereocenters. The van der Waals surface area contributed by atoms with Gasteiger partial charge in [0, 0.05) is 6.07 Å². The van der Waals surface area contributed by atoms with Crippen molar-refractivity contribution >= 4 is 18.3 Å². The van der Waals surface area contributed by atoms with Crippen LogP contribution in [0, 0.1) is 11.6 Å². The van der Waals surface area contributed by atoms with Crippen molar-refractivity contribution in [1.82, 2.24) is 0 Å². The summed E-state index contributed by atoms with van der Waals surface area (Å²) in [5.74, 6) is -1.54. The summed E-state index contributed by atoms with van der Waals surface area (Å²) in [4.78, 5) is 5.20. The number of rotatable bonds is 4. The minimum absolute atomic E-state index is 0.0950. The molecule has 0 aliphatic carbocycles. The van der Waals surface area contributed by atoms with Gasteiger partial charge in [0.2, 0.25) is 0 Å². The zero-order chi connectivity index (χ0) is 18.2. The Labute approximate surface area is 146 Å². The van der Waals surface area contributed by atoms with Gasteiger partial charge in [-0.2, -0.15) is 0 Å². The molecule has 1 heterocycles. The number of halogens is 2. The highest BCUT2D eigenvalue weighted by Crippen LogP contribution is 2.36. The van der Waals surface area contributed by atoms with E-state index in [1.54, 1.807) is 12.1 Å². The maximum absolute atomic E-state index is 13.6. The summed E-state index contributed by atoms with van der Waals surface area (Å²) in [6.45, 7) is 7.93. The molecular formula is C18H20BF2NO3. The molecule has 4 nitrogen and oxygen atoms in total. The Morgan fingerprint density at radius 2 is 1.64 bits per heavy atom. The molecule has 0 unspecified atom stereocenters. The molecule has 1 saturated heterocycles. The molecule has 3 rings (SSSR count). The molecule has 132 valence electrons. The van der Waals surface area contributed by atoms with Crippen LogP contribution in [0.5, 0.6) is 5.75 Å². The summed E-state index contributed by atoms with van der Waals surface area (Å²) in [6.07, 6.45) is 0. The van der Waals surface area contributed by atoms with Crippen LogP contribution >= 0.6 is 0 Å². The molecular weight excluding hydrogens is 327 g/mol. The van der Waals surface area contributed by atoms with Crippen molar-refractivity contribution in [3.8, 4) is 5.75 Å². The van der Waals surface area contributed by atoms with Crippen LogP contribution in [-0.2, 0) is 9.31 Å². The zero-order valence-electron chi connectivity index (χ0n) is 14.6. The highest BCUT2D eigenvalue weighted by atomic mass is 19.1. The molecule has 2 aromatic carbocycles. The van der Waals surface area contributed by atoms with Gasteiger partial charge in [0.05, 0.1) is 16.9 Å². The first kappa shape index (κ1) is 17.7. The largest absolute Gasteiger partial charge is 0.494 e. The smallest absolute Gasteiger partial charge is 0.399 e. The maximum atomic E-state index is 13.6. The molecule has 7 heteroatoms. The molecule has 2 aromatic rings. The van der Waals surface area contributed by atoms with Gasteiger partial charge in [-0.1, -0.05) is 12.1 Å². The van der Waals surface area contributed by atoms with Crippen LogP contribution < -0.4 is 15.8 Å². The first-order valence-corrected chi connectivity index (χ1v) is 8.01. The van der Waals surface area contributed by atoms with E-state index in [-0.39, 0.29) is 5.75 Å². The van der Waals surface area contributed by atoms with Crippen molar-refractivity contribution in [2.24, 2.45) is 0 Å². The normalized spacial score (nSPS) is 18.2.